The van der Waals surface area contributed by atoms with Gasteiger partial charge in [0.25, 0.3) is 5.91 Å². The molecule has 3 N–H and O–H groups in total. The van der Waals surface area contributed by atoms with Crippen molar-refractivity contribution in [2.45, 2.75) is 58.0 Å². The van der Waals surface area contributed by atoms with Crippen molar-refractivity contribution in [1.29, 1.82) is 0 Å². The summed E-state index contributed by atoms with van der Waals surface area (Å²) in [5.74, 6) is -0.177. The Hall–Kier alpha value is -2.04. The molecule has 0 spiro atoms. The monoisotopic (exact) mass is 303 g/mol. The van der Waals surface area contributed by atoms with Gasteiger partial charge in [0.05, 0.1) is 11.3 Å². The lowest BCUT2D eigenvalue weighted by atomic mass is 9.96. The largest absolute Gasteiger partial charge is 0.350 e. The molecule has 22 heavy (non-hydrogen) atoms. The molecule has 1 aliphatic rings. The maximum atomic E-state index is 12.2. The number of carbonyl (C=O) groups excluding carboxylic acids is 2. The highest BCUT2D eigenvalue weighted by molar-refractivity contribution is 6.03. The van der Waals surface area contributed by atoms with E-state index in [0.29, 0.717) is 11.3 Å². The van der Waals surface area contributed by atoms with Crippen LogP contribution in [0, 0.1) is 0 Å². The van der Waals surface area contributed by atoms with Gasteiger partial charge in [0, 0.05) is 12.1 Å². The van der Waals surface area contributed by atoms with E-state index in [1.54, 1.807) is 18.2 Å². The van der Waals surface area contributed by atoms with Gasteiger partial charge in [0.15, 0.2) is 0 Å². The molecule has 1 saturated carbocycles. The molecule has 1 aromatic rings. The Balaban J connectivity index is 1.99. The lowest BCUT2D eigenvalue weighted by molar-refractivity contribution is 0.0944. The van der Waals surface area contributed by atoms with Crippen LogP contribution < -0.4 is 16.0 Å². The highest BCUT2D eigenvalue weighted by atomic mass is 16.2. The highest BCUT2D eigenvalue weighted by Gasteiger charge is 2.17. The summed E-state index contributed by atoms with van der Waals surface area (Å²) in [4.78, 5) is 24.3. The van der Waals surface area contributed by atoms with Crippen LogP contribution in [0.15, 0.2) is 24.3 Å². The molecular formula is C17H25N3O2. The third-order valence-corrected chi connectivity index (χ3v) is 3.78. The molecule has 5 nitrogen and oxygen atoms in total. The van der Waals surface area contributed by atoms with Crippen LogP contribution in [0.2, 0.25) is 0 Å². The molecule has 0 atom stereocenters. The normalized spacial score (nSPS) is 15.4. The zero-order valence-corrected chi connectivity index (χ0v) is 13.3. The second-order valence-electron chi connectivity index (χ2n) is 6.11. The Morgan fingerprint density at radius 2 is 1.77 bits per heavy atom. The van der Waals surface area contributed by atoms with Gasteiger partial charge in [-0.2, -0.15) is 0 Å². The van der Waals surface area contributed by atoms with Crippen LogP contribution in [0.4, 0.5) is 10.5 Å². The van der Waals surface area contributed by atoms with E-state index in [1.165, 1.54) is 19.3 Å². The minimum absolute atomic E-state index is 0.0524. The average Bonchev–Trinajstić information content (AvgIpc) is 2.48. The first-order valence-corrected chi connectivity index (χ1v) is 8.03. The Morgan fingerprint density at radius 1 is 1.09 bits per heavy atom. The van der Waals surface area contributed by atoms with Gasteiger partial charge >= 0.3 is 6.03 Å². The van der Waals surface area contributed by atoms with Crippen molar-refractivity contribution in [3.63, 3.8) is 0 Å². The quantitative estimate of drug-likeness (QED) is 0.799. The van der Waals surface area contributed by atoms with Crippen molar-refractivity contribution in [2.75, 3.05) is 5.32 Å². The predicted octanol–water partition coefficient (Wildman–Crippen LogP) is 3.28. The number of rotatable bonds is 4. The first-order chi connectivity index (χ1) is 10.6. The van der Waals surface area contributed by atoms with Gasteiger partial charge in [-0.15, -0.1) is 0 Å². The maximum absolute atomic E-state index is 12.2. The van der Waals surface area contributed by atoms with Crippen molar-refractivity contribution in [3.05, 3.63) is 29.8 Å². The topological polar surface area (TPSA) is 70.2 Å². The SMILES string of the molecule is CC(C)NC(=O)c1ccccc1NC(=O)NC1CCCCC1. The fourth-order valence-corrected chi connectivity index (χ4v) is 2.72. The number of para-hydroxylation sites is 1. The number of carbonyl (C=O) groups is 2. The van der Waals surface area contributed by atoms with Gasteiger partial charge in [-0.3, -0.25) is 4.79 Å². The molecule has 5 heteroatoms. The van der Waals surface area contributed by atoms with Crippen molar-refractivity contribution in [3.8, 4) is 0 Å². The molecular weight excluding hydrogens is 278 g/mol. The Labute approximate surface area is 131 Å². The summed E-state index contributed by atoms with van der Waals surface area (Å²) in [5, 5.41) is 8.64. The van der Waals surface area contributed by atoms with E-state index in [2.05, 4.69) is 16.0 Å². The molecule has 0 aliphatic heterocycles. The maximum Gasteiger partial charge on any atom is 0.319 e. The van der Waals surface area contributed by atoms with Gasteiger partial charge in [-0.05, 0) is 38.8 Å². The average molecular weight is 303 g/mol. The number of anilines is 1. The Morgan fingerprint density at radius 3 is 2.45 bits per heavy atom. The molecule has 3 amide bonds. The third-order valence-electron chi connectivity index (χ3n) is 3.78. The van der Waals surface area contributed by atoms with E-state index in [4.69, 9.17) is 0 Å². The lowest BCUT2D eigenvalue weighted by Crippen LogP contribution is -2.39. The van der Waals surface area contributed by atoms with Crippen LogP contribution in [0.5, 0.6) is 0 Å². The molecule has 0 saturated heterocycles. The number of hydrogen-bond acceptors (Lipinski definition) is 2. The van der Waals surface area contributed by atoms with Gasteiger partial charge in [-0.25, -0.2) is 4.79 Å². The van der Waals surface area contributed by atoms with Gasteiger partial charge in [-0.1, -0.05) is 31.4 Å². The Bertz CT molecular complexity index is 522. The first-order valence-electron chi connectivity index (χ1n) is 8.03. The van der Waals surface area contributed by atoms with Crippen molar-refractivity contribution in [2.24, 2.45) is 0 Å². The van der Waals surface area contributed by atoms with Gasteiger partial charge < -0.3 is 16.0 Å². The summed E-state index contributed by atoms with van der Waals surface area (Å²) in [6.45, 7) is 3.81. The van der Waals surface area contributed by atoms with Gasteiger partial charge in [0.2, 0.25) is 0 Å². The molecule has 2 rings (SSSR count). The van der Waals surface area contributed by atoms with Gasteiger partial charge in [0.1, 0.15) is 0 Å². The smallest absolute Gasteiger partial charge is 0.319 e. The fourth-order valence-electron chi connectivity index (χ4n) is 2.72. The summed E-state index contributed by atoms with van der Waals surface area (Å²) in [6, 6.07) is 7.12. The highest BCUT2D eigenvalue weighted by Crippen LogP contribution is 2.18. The van der Waals surface area contributed by atoms with Crippen LogP contribution in [0.1, 0.15) is 56.3 Å². The molecule has 1 aliphatic carbocycles. The molecule has 1 aromatic carbocycles. The molecule has 0 unspecified atom stereocenters. The standard InChI is InChI=1S/C17H25N3O2/c1-12(2)18-16(21)14-10-6-7-11-15(14)20-17(22)19-13-8-4-3-5-9-13/h6-7,10-13H,3-5,8-9H2,1-2H3,(H,18,21)(H2,19,20,22). The summed E-state index contributed by atoms with van der Waals surface area (Å²) in [6.07, 6.45) is 5.64. The summed E-state index contributed by atoms with van der Waals surface area (Å²) < 4.78 is 0. The van der Waals surface area contributed by atoms with E-state index in [1.807, 2.05) is 19.9 Å². The molecule has 0 heterocycles. The van der Waals surface area contributed by atoms with Crippen LogP contribution in [0.25, 0.3) is 0 Å². The van der Waals surface area contributed by atoms with E-state index in [-0.39, 0.29) is 24.0 Å². The number of urea groups is 1. The first kappa shape index (κ1) is 16.3. The van der Waals surface area contributed by atoms with Crippen molar-refractivity contribution in [1.82, 2.24) is 10.6 Å². The third kappa shape index (κ3) is 4.76. The van der Waals surface area contributed by atoms with Crippen LogP contribution in [-0.2, 0) is 0 Å². The summed E-state index contributed by atoms with van der Waals surface area (Å²) in [7, 11) is 0. The molecule has 0 radical (unpaired) electrons. The van der Waals surface area contributed by atoms with E-state index >= 15 is 0 Å². The zero-order chi connectivity index (χ0) is 15.9. The van der Waals surface area contributed by atoms with Crippen molar-refractivity contribution >= 4 is 17.6 Å². The zero-order valence-electron chi connectivity index (χ0n) is 13.3. The number of hydrogen-bond donors (Lipinski definition) is 3. The molecule has 0 bridgehead atoms. The van der Waals surface area contributed by atoms with Crippen molar-refractivity contribution < 1.29 is 9.59 Å². The molecule has 1 fully saturated rings. The van der Waals surface area contributed by atoms with Crippen LogP contribution in [0.3, 0.4) is 0 Å². The van der Waals surface area contributed by atoms with E-state index < -0.39 is 0 Å². The second-order valence-corrected chi connectivity index (χ2v) is 6.11. The van der Waals surface area contributed by atoms with E-state index in [0.717, 1.165) is 12.8 Å². The summed E-state index contributed by atoms with van der Waals surface area (Å²) in [5.41, 5.74) is 1.02. The number of nitrogens with one attached hydrogen (secondary N) is 3. The van der Waals surface area contributed by atoms with E-state index in [9.17, 15) is 9.59 Å². The molecule has 0 aromatic heterocycles. The number of benzene rings is 1. The Kier molecular flexibility index (Phi) is 5.81. The predicted molar refractivity (Wildman–Crippen MR) is 88.1 cm³/mol. The lowest BCUT2D eigenvalue weighted by Gasteiger charge is -2.23. The molecule has 120 valence electrons. The second kappa shape index (κ2) is 7.82. The summed E-state index contributed by atoms with van der Waals surface area (Å²) >= 11 is 0. The van der Waals surface area contributed by atoms with Crippen LogP contribution in [-0.4, -0.2) is 24.0 Å². The fraction of sp³-hybridized carbons (Fsp3) is 0.529. The number of amides is 3. The minimum Gasteiger partial charge on any atom is -0.350 e. The van der Waals surface area contributed by atoms with Crippen LogP contribution >= 0.6 is 0 Å². The minimum atomic E-state index is -0.239.